The van der Waals surface area contributed by atoms with Crippen LogP contribution in [0.5, 0.6) is 24.0 Å². The zero-order valence-electron chi connectivity index (χ0n) is 42.5. The maximum Gasteiger partial charge on any atom is 0.324 e. The van der Waals surface area contributed by atoms with E-state index < -0.39 is 0 Å². The quantitative estimate of drug-likeness (QED) is 0.0517. The average molecular weight is 917 g/mol. The second-order valence-corrected chi connectivity index (χ2v) is 19.9. The first-order chi connectivity index (χ1) is 31.7. The highest BCUT2D eigenvalue weighted by atomic mass is 16.5. The smallest absolute Gasteiger partial charge is 0.324 e. The van der Waals surface area contributed by atoms with Gasteiger partial charge in [0.25, 0.3) is 0 Å². The molecule has 2 aliphatic heterocycles. The second kappa shape index (κ2) is 26.9. The van der Waals surface area contributed by atoms with Gasteiger partial charge in [0.1, 0.15) is 26.4 Å². The molecule has 370 valence electrons. The summed E-state index contributed by atoms with van der Waals surface area (Å²) in [6.07, 6.45) is 25.9. The molecule has 0 radical (unpaired) electrons. The molecular formula is C52H88N10O4. The molecule has 2 aromatic heterocycles. The lowest BCUT2D eigenvalue weighted by atomic mass is 9.73. The molecule has 2 aromatic rings. The third-order valence-corrected chi connectivity index (χ3v) is 13.2. The third-order valence-electron chi connectivity index (χ3n) is 13.2. The van der Waals surface area contributed by atoms with Crippen LogP contribution in [0.4, 0.5) is 11.9 Å². The molecule has 14 nitrogen and oxygen atoms in total. The van der Waals surface area contributed by atoms with Crippen molar-refractivity contribution in [2.75, 3.05) is 49.3 Å². The van der Waals surface area contributed by atoms with Gasteiger partial charge in [-0.1, -0.05) is 130 Å². The van der Waals surface area contributed by atoms with Gasteiger partial charge < -0.3 is 39.4 Å². The number of nitrogens with one attached hydrogen (secondary N) is 2. The van der Waals surface area contributed by atoms with Crippen LogP contribution >= 0.6 is 0 Å². The highest BCUT2D eigenvalue weighted by Crippen LogP contribution is 2.41. The van der Waals surface area contributed by atoms with Gasteiger partial charge >= 0.3 is 24.0 Å². The van der Waals surface area contributed by atoms with Crippen LogP contribution in [0.25, 0.3) is 0 Å². The molecule has 2 aliphatic rings. The van der Waals surface area contributed by atoms with Gasteiger partial charge in [-0.15, -0.1) is 9.97 Å². The van der Waals surface area contributed by atoms with Gasteiger partial charge in [-0.25, -0.2) is 0 Å². The van der Waals surface area contributed by atoms with E-state index in [4.69, 9.17) is 38.9 Å². The maximum atomic E-state index is 5.98. The van der Waals surface area contributed by atoms with Crippen molar-refractivity contribution in [1.82, 2.24) is 40.5 Å². The van der Waals surface area contributed by atoms with Crippen molar-refractivity contribution in [2.45, 2.75) is 205 Å². The lowest BCUT2D eigenvalue weighted by molar-refractivity contribution is 0.111. The van der Waals surface area contributed by atoms with Gasteiger partial charge in [-0.3, -0.25) is 0 Å². The van der Waals surface area contributed by atoms with E-state index in [1.54, 1.807) is 24.3 Å². The van der Waals surface area contributed by atoms with Crippen LogP contribution in [0.1, 0.15) is 171 Å². The van der Waals surface area contributed by atoms with Crippen molar-refractivity contribution in [2.24, 2.45) is 0 Å². The van der Waals surface area contributed by atoms with Crippen molar-refractivity contribution >= 4 is 11.9 Å². The fourth-order valence-corrected chi connectivity index (χ4v) is 10.4. The van der Waals surface area contributed by atoms with Crippen LogP contribution in [-0.2, 0) is 0 Å². The first-order valence-corrected chi connectivity index (χ1v) is 25.3. The summed E-state index contributed by atoms with van der Waals surface area (Å²) in [5.41, 5.74) is -0.249. The fraction of sp³-hybridized carbons (Fsp3) is 0.731. The Morgan fingerprint density at radius 1 is 0.455 bits per heavy atom. The number of hydrogen-bond acceptors (Lipinski definition) is 14. The lowest BCUT2D eigenvalue weighted by Crippen LogP contribution is -2.65. The van der Waals surface area contributed by atoms with Gasteiger partial charge in [0.2, 0.25) is 11.9 Å². The van der Waals surface area contributed by atoms with Gasteiger partial charge in [-0.05, 0) is 91.9 Å². The summed E-state index contributed by atoms with van der Waals surface area (Å²) >= 11 is 0. The molecule has 0 saturated carbocycles. The van der Waals surface area contributed by atoms with Crippen molar-refractivity contribution in [3.8, 4) is 24.0 Å². The van der Waals surface area contributed by atoms with Crippen LogP contribution in [0.2, 0.25) is 0 Å². The number of nitrogens with zero attached hydrogens (tertiary/aromatic N) is 8. The largest absolute Gasteiger partial charge is 0.459 e. The molecule has 14 heteroatoms. The van der Waals surface area contributed by atoms with Crippen molar-refractivity contribution in [3.05, 3.63) is 50.6 Å². The number of anilines is 2. The van der Waals surface area contributed by atoms with E-state index in [0.717, 1.165) is 116 Å². The summed E-state index contributed by atoms with van der Waals surface area (Å²) in [6.45, 7) is 36.7. The Morgan fingerprint density at radius 2 is 0.712 bits per heavy atom. The molecule has 4 heterocycles. The maximum absolute atomic E-state index is 5.98. The highest BCUT2D eigenvalue weighted by Gasteiger charge is 2.46. The Kier molecular flexibility index (Phi) is 22.1. The number of rotatable bonds is 33. The Bertz CT molecular complexity index is 1570. The summed E-state index contributed by atoms with van der Waals surface area (Å²) in [5, 5.41) is 8.37. The number of aromatic nitrogens is 6. The molecule has 0 bridgehead atoms. The first-order valence-electron chi connectivity index (χ1n) is 25.3. The van der Waals surface area contributed by atoms with E-state index in [1.807, 2.05) is 0 Å². The van der Waals surface area contributed by atoms with E-state index in [2.05, 4.69) is 112 Å². The van der Waals surface area contributed by atoms with Crippen LogP contribution < -0.4 is 39.4 Å². The summed E-state index contributed by atoms with van der Waals surface area (Å²) in [4.78, 5) is 33.8. The molecule has 2 fully saturated rings. The fourth-order valence-electron chi connectivity index (χ4n) is 10.4. The predicted molar refractivity (Wildman–Crippen MR) is 270 cm³/mol. The van der Waals surface area contributed by atoms with E-state index in [0.29, 0.717) is 25.0 Å². The highest BCUT2D eigenvalue weighted by molar-refractivity contribution is 5.37. The molecule has 4 atom stereocenters. The zero-order chi connectivity index (χ0) is 48.1. The van der Waals surface area contributed by atoms with E-state index >= 15 is 0 Å². The van der Waals surface area contributed by atoms with E-state index in [9.17, 15) is 0 Å². The SMILES string of the molecule is C=CCOc1nc(OCC=C)nc(N(CCCCN(c2nc(OCC=C)nc(OCC=C)n2)C2CC(C)(CCCC)NC(C)(CCCC)C2)C2CC(C)(CCCC)NC(C)(CCCC)C2)n1. The predicted octanol–water partition coefficient (Wildman–Crippen LogP) is 10.7. The monoisotopic (exact) mass is 917 g/mol. The molecule has 66 heavy (non-hydrogen) atoms. The molecule has 2 saturated heterocycles. The van der Waals surface area contributed by atoms with Gasteiger partial charge in [-0.2, -0.15) is 19.9 Å². The normalized spacial score (nSPS) is 25.1. The minimum Gasteiger partial charge on any atom is -0.459 e. The zero-order valence-corrected chi connectivity index (χ0v) is 42.5. The number of piperidine rings is 2. The Hall–Kier alpha value is -4.30. The van der Waals surface area contributed by atoms with Crippen molar-refractivity contribution in [1.29, 1.82) is 0 Å². The molecule has 0 aromatic carbocycles. The molecule has 4 unspecified atom stereocenters. The minimum absolute atomic E-state index is 0.0624. The molecule has 0 spiro atoms. The molecule has 0 amide bonds. The summed E-state index contributed by atoms with van der Waals surface area (Å²) in [5.74, 6) is 1.12. The number of ether oxygens (including phenoxy) is 4. The van der Waals surface area contributed by atoms with Crippen LogP contribution in [-0.4, -0.2) is 104 Å². The summed E-state index contributed by atoms with van der Waals surface area (Å²) in [7, 11) is 0. The van der Waals surface area contributed by atoms with Crippen LogP contribution in [0, 0.1) is 0 Å². The van der Waals surface area contributed by atoms with Crippen LogP contribution in [0.3, 0.4) is 0 Å². The average Bonchev–Trinajstić information content (AvgIpc) is 3.29. The molecule has 4 rings (SSSR count). The Balaban J connectivity index is 1.79. The van der Waals surface area contributed by atoms with Crippen molar-refractivity contribution < 1.29 is 18.9 Å². The Labute approximate surface area is 399 Å². The number of unbranched alkanes of at least 4 members (excludes halogenated alkanes) is 5. The Morgan fingerprint density at radius 3 is 0.939 bits per heavy atom. The van der Waals surface area contributed by atoms with Gasteiger partial charge in [0, 0.05) is 47.3 Å². The minimum atomic E-state index is -0.0624. The molecule has 2 N–H and O–H groups in total. The summed E-state index contributed by atoms with van der Waals surface area (Å²) in [6, 6.07) is 1.16. The summed E-state index contributed by atoms with van der Waals surface area (Å²) < 4.78 is 23.9. The topological polar surface area (TPSA) is 145 Å². The molecule has 0 aliphatic carbocycles. The van der Waals surface area contributed by atoms with E-state index in [-0.39, 0.29) is 84.7 Å². The van der Waals surface area contributed by atoms with Gasteiger partial charge in [0.05, 0.1) is 0 Å². The van der Waals surface area contributed by atoms with E-state index in [1.165, 1.54) is 0 Å². The van der Waals surface area contributed by atoms with Crippen LogP contribution in [0.15, 0.2) is 50.6 Å². The van der Waals surface area contributed by atoms with Gasteiger partial charge in [0.15, 0.2) is 0 Å². The third kappa shape index (κ3) is 16.8. The van der Waals surface area contributed by atoms with Crippen molar-refractivity contribution in [3.63, 3.8) is 0 Å². The lowest BCUT2D eigenvalue weighted by Gasteiger charge is -2.53. The first kappa shape index (κ1) is 54.3. The number of hydrogen-bond donors (Lipinski definition) is 2. The molecular weight excluding hydrogens is 829 g/mol. The second-order valence-electron chi connectivity index (χ2n) is 19.9. The standard InChI is InChI=1S/C52H88N10O4/c1-13-21-27-49(9)37-41(38-50(10,59-49)28-22-14-2)61(43-53-45(63-33-17-5)57-46(54-43)64-34-18-6)31-25-26-32-62(44-55-47(65-35-19-7)58-48(56-44)66-36-20-8)42-39-51(11,29-23-15-3)60-52(12,40-42)30-24-16-4/h17-20,41-42,59-60H,5-8,13-16,21-40H2,1-4,9-12H3.